The molecule has 1 aliphatic heterocycles. The van der Waals surface area contributed by atoms with E-state index < -0.39 is 0 Å². The van der Waals surface area contributed by atoms with Crippen LogP contribution in [-0.4, -0.2) is 30.8 Å². The SMILES string of the molecule is COC(=O)c1ccc2c(C3CCCCC3)c3n(c2c1)CC(CCN)COc1ccccc1-3. The summed E-state index contributed by atoms with van der Waals surface area (Å²) in [5.41, 5.74) is 11.5. The molecule has 1 unspecified atom stereocenters. The standard InChI is InChI=1S/C27H32N2O3/c1-31-27(30)20-11-12-21-23(15-20)29-16-18(13-14-28)17-32-24-10-6-5-9-22(24)26(29)25(21)19-7-3-2-4-8-19/h5-6,9-12,15,18-19H,2-4,7-8,13-14,16-17,28H2,1H3. The van der Waals surface area contributed by atoms with Gasteiger partial charge in [0.05, 0.1) is 25.0 Å². The molecule has 5 heteroatoms. The second-order valence-electron chi connectivity index (χ2n) is 9.18. The topological polar surface area (TPSA) is 66.5 Å². The lowest BCUT2D eigenvalue weighted by Crippen LogP contribution is -2.24. The number of aromatic nitrogens is 1. The van der Waals surface area contributed by atoms with E-state index in [0.717, 1.165) is 29.8 Å². The van der Waals surface area contributed by atoms with Gasteiger partial charge in [-0.05, 0) is 61.6 Å². The lowest BCUT2D eigenvalue weighted by Gasteiger charge is -2.28. The number of ether oxygens (including phenoxy) is 2. The van der Waals surface area contributed by atoms with Gasteiger partial charge in [-0.15, -0.1) is 0 Å². The lowest BCUT2D eigenvalue weighted by molar-refractivity contribution is 0.0601. The summed E-state index contributed by atoms with van der Waals surface area (Å²) < 4.78 is 13.8. The zero-order valence-corrected chi connectivity index (χ0v) is 18.8. The van der Waals surface area contributed by atoms with Crippen molar-refractivity contribution in [2.45, 2.75) is 51.0 Å². The molecule has 2 aromatic carbocycles. The number of carbonyl (C=O) groups excluding carboxylic acids is 1. The Morgan fingerprint density at radius 3 is 2.75 bits per heavy atom. The van der Waals surface area contributed by atoms with Crippen LogP contribution in [0.5, 0.6) is 5.75 Å². The Bertz CT molecular complexity index is 1130. The van der Waals surface area contributed by atoms with E-state index in [1.165, 1.54) is 55.9 Å². The molecule has 0 bridgehead atoms. The zero-order valence-electron chi connectivity index (χ0n) is 18.8. The second kappa shape index (κ2) is 8.99. The number of methoxy groups -OCH3 is 1. The van der Waals surface area contributed by atoms with Gasteiger partial charge in [-0.1, -0.05) is 37.5 Å². The van der Waals surface area contributed by atoms with Gasteiger partial charge in [-0.2, -0.15) is 0 Å². The monoisotopic (exact) mass is 432 g/mol. The lowest BCUT2D eigenvalue weighted by atomic mass is 9.81. The molecule has 1 aliphatic carbocycles. The minimum absolute atomic E-state index is 0.297. The third-order valence-electron chi connectivity index (χ3n) is 7.17. The van der Waals surface area contributed by atoms with Crippen LogP contribution in [0.4, 0.5) is 0 Å². The van der Waals surface area contributed by atoms with E-state index in [1.54, 1.807) is 0 Å². The third-order valence-corrected chi connectivity index (χ3v) is 7.17. The molecule has 5 nitrogen and oxygen atoms in total. The van der Waals surface area contributed by atoms with Crippen molar-refractivity contribution < 1.29 is 14.3 Å². The first-order valence-electron chi connectivity index (χ1n) is 11.9. The highest BCUT2D eigenvalue weighted by Gasteiger charge is 2.30. The average Bonchev–Trinajstić information content (AvgIpc) is 3.14. The Morgan fingerprint density at radius 2 is 1.97 bits per heavy atom. The molecule has 2 aliphatic rings. The van der Waals surface area contributed by atoms with Gasteiger partial charge in [0.1, 0.15) is 5.75 Å². The van der Waals surface area contributed by atoms with Crippen molar-refractivity contribution in [1.82, 2.24) is 4.57 Å². The molecule has 0 radical (unpaired) electrons. The molecule has 5 rings (SSSR count). The van der Waals surface area contributed by atoms with Crippen LogP contribution in [0.2, 0.25) is 0 Å². The van der Waals surface area contributed by atoms with Crippen molar-refractivity contribution >= 4 is 16.9 Å². The quantitative estimate of drug-likeness (QED) is 0.553. The fourth-order valence-electron chi connectivity index (χ4n) is 5.62. The second-order valence-corrected chi connectivity index (χ2v) is 9.18. The summed E-state index contributed by atoms with van der Waals surface area (Å²) in [5.74, 6) is 1.47. The minimum atomic E-state index is -0.297. The number of hydrogen-bond acceptors (Lipinski definition) is 4. The van der Waals surface area contributed by atoms with Crippen LogP contribution in [0.3, 0.4) is 0 Å². The van der Waals surface area contributed by atoms with Crippen LogP contribution in [0.25, 0.3) is 22.2 Å². The number of benzene rings is 2. The van der Waals surface area contributed by atoms with Crippen LogP contribution >= 0.6 is 0 Å². The van der Waals surface area contributed by atoms with Gasteiger partial charge in [0.15, 0.2) is 0 Å². The van der Waals surface area contributed by atoms with Crippen molar-refractivity contribution in [3.63, 3.8) is 0 Å². The number of rotatable bonds is 4. The maximum absolute atomic E-state index is 12.4. The van der Waals surface area contributed by atoms with Crippen molar-refractivity contribution in [3.05, 3.63) is 53.6 Å². The molecular weight excluding hydrogens is 400 g/mol. The van der Waals surface area contributed by atoms with E-state index in [9.17, 15) is 4.79 Å². The molecular formula is C27H32N2O3. The largest absolute Gasteiger partial charge is 0.493 e. The summed E-state index contributed by atoms with van der Waals surface area (Å²) in [6.07, 6.45) is 7.17. The highest BCUT2D eigenvalue weighted by Crippen LogP contribution is 2.47. The van der Waals surface area contributed by atoms with E-state index in [1.807, 2.05) is 18.2 Å². The Balaban J connectivity index is 1.81. The summed E-state index contributed by atoms with van der Waals surface area (Å²) >= 11 is 0. The van der Waals surface area contributed by atoms with Crippen LogP contribution in [0.1, 0.15) is 60.4 Å². The summed E-state index contributed by atoms with van der Waals surface area (Å²) in [6, 6.07) is 14.4. The molecule has 2 heterocycles. The first kappa shape index (κ1) is 21.1. The fourth-order valence-corrected chi connectivity index (χ4v) is 5.62. The average molecular weight is 433 g/mol. The number of nitrogens with two attached hydrogens (primary N) is 1. The Kier molecular flexibility index (Phi) is 5.92. The van der Waals surface area contributed by atoms with Crippen molar-refractivity contribution in [3.8, 4) is 17.0 Å². The summed E-state index contributed by atoms with van der Waals surface area (Å²) in [5, 5.41) is 1.25. The molecule has 0 amide bonds. The molecule has 1 aromatic heterocycles. The molecule has 2 N–H and O–H groups in total. The van der Waals surface area contributed by atoms with Crippen LogP contribution in [-0.2, 0) is 11.3 Å². The fraction of sp³-hybridized carbons (Fsp3) is 0.444. The highest BCUT2D eigenvalue weighted by atomic mass is 16.5. The van der Waals surface area contributed by atoms with E-state index in [-0.39, 0.29) is 5.97 Å². The maximum atomic E-state index is 12.4. The molecule has 168 valence electrons. The molecule has 1 fully saturated rings. The smallest absolute Gasteiger partial charge is 0.337 e. The maximum Gasteiger partial charge on any atom is 0.337 e. The summed E-state index contributed by atoms with van der Waals surface area (Å²) in [7, 11) is 1.44. The molecule has 1 atom stereocenters. The molecule has 1 saturated carbocycles. The molecule has 0 spiro atoms. The normalized spacial score (nSPS) is 18.9. The predicted octanol–water partition coefficient (Wildman–Crippen LogP) is 5.50. The molecule has 32 heavy (non-hydrogen) atoms. The highest BCUT2D eigenvalue weighted by molar-refractivity contribution is 5.99. The first-order valence-corrected chi connectivity index (χ1v) is 11.9. The number of esters is 1. The van der Waals surface area contributed by atoms with Gasteiger partial charge in [0.2, 0.25) is 0 Å². The van der Waals surface area contributed by atoms with Crippen molar-refractivity contribution in [2.75, 3.05) is 20.3 Å². The first-order chi connectivity index (χ1) is 15.7. The van der Waals surface area contributed by atoms with Gasteiger partial charge >= 0.3 is 5.97 Å². The van der Waals surface area contributed by atoms with Gasteiger partial charge in [0.25, 0.3) is 0 Å². The van der Waals surface area contributed by atoms with Crippen LogP contribution in [0, 0.1) is 5.92 Å². The predicted molar refractivity (Wildman–Crippen MR) is 127 cm³/mol. The van der Waals surface area contributed by atoms with Gasteiger partial charge in [-0.3, -0.25) is 0 Å². The van der Waals surface area contributed by atoms with E-state index in [0.29, 0.717) is 30.6 Å². The minimum Gasteiger partial charge on any atom is -0.493 e. The number of fused-ring (bicyclic) bond motifs is 5. The van der Waals surface area contributed by atoms with Gasteiger partial charge < -0.3 is 19.8 Å². The summed E-state index contributed by atoms with van der Waals surface area (Å²) in [4.78, 5) is 12.4. The summed E-state index contributed by atoms with van der Waals surface area (Å²) in [6.45, 7) is 2.10. The Hall–Kier alpha value is -2.79. The van der Waals surface area contributed by atoms with Crippen molar-refractivity contribution in [2.24, 2.45) is 11.7 Å². The third kappa shape index (κ3) is 3.69. The van der Waals surface area contributed by atoms with Gasteiger partial charge in [-0.25, -0.2) is 4.79 Å². The van der Waals surface area contributed by atoms with E-state index >= 15 is 0 Å². The van der Waals surface area contributed by atoms with Crippen molar-refractivity contribution in [1.29, 1.82) is 0 Å². The number of nitrogens with zero attached hydrogens (tertiary/aromatic N) is 1. The molecule has 3 aromatic rings. The van der Waals surface area contributed by atoms with E-state index in [4.69, 9.17) is 15.2 Å². The number of para-hydroxylation sites is 1. The Morgan fingerprint density at radius 1 is 1.16 bits per heavy atom. The number of carbonyl (C=O) groups is 1. The van der Waals surface area contributed by atoms with E-state index in [2.05, 4.69) is 28.8 Å². The molecule has 0 saturated heterocycles. The van der Waals surface area contributed by atoms with Crippen LogP contribution in [0.15, 0.2) is 42.5 Å². The van der Waals surface area contributed by atoms with Crippen LogP contribution < -0.4 is 10.5 Å². The number of hydrogen-bond donors (Lipinski definition) is 1. The zero-order chi connectivity index (χ0) is 22.1. The van der Waals surface area contributed by atoms with Gasteiger partial charge in [0, 0.05) is 28.9 Å². The Labute approximate surface area is 189 Å².